The first-order valence-corrected chi connectivity index (χ1v) is 9.71. The van der Waals surface area contributed by atoms with Crippen LogP contribution in [0.15, 0.2) is 53.5 Å². The molecule has 0 aromatic heterocycles. The summed E-state index contributed by atoms with van der Waals surface area (Å²) in [4.78, 5) is 27.9. The van der Waals surface area contributed by atoms with E-state index in [9.17, 15) is 9.59 Å². The minimum atomic E-state index is -0.132. The van der Waals surface area contributed by atoms with Crippen LogP contribution in [0.3, 0.4) is 0 Å². The van der Waals surface area contributed by atoms with Crippen molar-refractivity contribution in [1.29, 1.82) is 0 Å². The number of carbonyl (C=O) groups excluding carboxylic acids is 2. The van der Waals surface area contributed by atoms with E-state index in [2.05, 4.69) is 26.3 Å². The average molecular weight is 539 g/mol. The molecule has 0 spiro atoms. The molecule has 0 unspecified atom stereocenters. The average Bonchev–Trinajstić information content (AvgIpc) is 2.79. The molecule has 168 valence electrons. The van der Waals surface area contributed by atoms with Crippen LogP contribution in [0.2, 0.25) is 0 Å². The first-order valence-electron chi connectivity index (χ1n) is 9.71. The lowest BCUT2D eigenvalue weighted by Crippen LogP contribution is -2.43. The van der Waals surface area contributed by atoms with Crippen LogP contribution < -0.4 is 26.0 Å². The zero-order chi connectivity index (χ0) is 21.8. The number of amides is 2. The van der Waals surface area contributed by atoms with Gasteiger partial charge in [0.25, 0.3) is 5.91 Å². The van der Waals surface area contributed by atoms with Gasteiger partial charge in [-0.05, 0) is 41.8 Å². The van der Waals surface area contributed by atoms with E-state index in [1.54, 1.807) is 27.3 Å². The Bertz CT molecular complexity index is 872. The lowest BCUT2D eigenvalue weighted by atomic mass is 10.1. The van der Waals surface area contributed by atoms with Gasteiger partial charge >= 0.3 is 0 Å². The number of nitrogens with zero attached hydrogens (tertiary/aromatic N) is 1. The fraction of sp³-hybridized carbons (Fsp3) is 0.318. The fourth-order valence-electron chi connectivity index (χ4n) is 2.73. The van der Waals surface area contributed by atoms with Crippen molar-refractivity contribution in [2.24, 2.45) is 4.99 Å². The fourth-order valence-corrected chi connectivity index (χ4v) is 2.73. The molecular formula is C22H30IN5O3. The largest absolute Gasteiger partial charge is 0.497 e. The van der Waals surface area contributed by atoms with Crippen molar-refractivity contribution < 1.29 is 14.3 Å². The van der Waals surface area contributed by atoms with E-state index < -0.39 is 0 Å². The lowest BCUT2D eigenvalue weighted by molar-refractivity contribution is -0.120. The van der Waals surface area contributed by atoms with Gasteiger partial charge in [-0.1, -0.05) is 24.3 Å². The second kappa shape index (κ2) is 14.2. The van der Waals surface area contributed by atoms with Gasteiger partial charge in [0.1, 0.15) is 5.75 Å². The summed E-state index contributed by atoms with van der Waals surface area (Å²) >= 11 is 0. The summed E-state index contributed by atoms with van der Waals surface area (Å²) in [6.07, 6.45) is 0.717. The van der Waals surface area contributed by atoms with Crippen molar-refractivity contribution >= 4 is 41.8 Å². The molecule has 0 saturated heterocycles. The van der Waals surface area contributed by atoms with Crippen molar-refractivity contribution in [3.63, 3.8) is 0 Å². The molecule has 0 radical (unpaired) electrons. The molecule has 0 atom stereocenters. The monoisotopic (exact) mass is 539 g/mol. The van der Waals surface area contributed by atoms with Crippen LogP contribution in [0.1, 0.15) is 21.5 Å². The Morgan fingerprint density at radius 3 is 2.39 bits per heavy atom. The van der Waals surface area contributed by atoms with Gasteiger partial charge in [-0.3, -0.25) is 14.6 Å². The summed E-state index contributed by atoms with van der Waals surface area (Å²) < 4.78 is 5.12. The summed E-state index contributed by atoms with van der Waals surface area (Å²) in [7, 11) is 4.88. The Hall–Kier alpha value is -2.82. The molecule has 0 bridgehead atoms. The molecule has 8 nitrogen and oxygen atoms in total. The molecule has 0 heterocycles. The minimum Gasteiger partial charge on any atom is -0.497 e. The standard InChI is InChI=1S/C22H29N5O3.HI/c1-23-21(29)18-6-4-5-16(13-18)11-12-25-22(24-2)27-15-20(28)26-14-17-7-9-19(30-3)10-8-17;/h4-10,13H,11-12,14-15H2,1-3H3,(H,23,29)(H,26,28)(H2,24,25,27);1H. The van der Waals surface area contributed by atoms with Crippen LogP contribution in [-0.2, 0) is 17.8 Å². The molecule has 31 heavy (non-hydrogen) atoms. The number of rotatable bonds is 9. The van der Waals surface area contributed by atoms with Crippen LogP contribution in [0.25, 0.3) is 0 Å². The number of aliphatic imine (C=N–C) groups is 1. The number of hydrogen-bond acceptors (Lipinski definition) is 4. The Morgan fingerprint density at radius 1 is 1.00 bits per heavy atom. The maximum atomic E-state index is 12.1. The van der Waals surface area contributed by atoms with E-state index in [1.165, 1.54) is 0 Å². The number of halogens is 1. The molecule has 0 aliphatic carbocycles. The van der Waals surface area contributed by atoms with E-state index in [0.29, 0.717) is 24.6 Å². The van der Waals surface area contributed by atoms with Crippen molar-refractivity contribution in [2.45, 2.75) is 13.0 Å². The Morgan fingerprint density at radius 2 is 1.74 bits per heavy atom. The Balaban J connectivity index is 0.00000480. The molecule has 0 fully saturated rings. The summed E-state index contributed by atoms with van der Waals surface area (Å²) in [5, 5.41) is 11.6. The minimum absolute atomic E-state index is 0. The topological polar surface area (TPSA) is 104 Å². The van der Waals surface area contributed by atoms with Gasteiger partial charge < -0.3 is 26.0 Å². The van der Waals surface area contributed by atoms with Crippen LogP contribution in [-0.4, -0.2) is 52.1 Å². The smallest absolute Gasteiger partial charge is 0.251 e. The maximum absolute atomic E-state index is 12.1. The first-order chi connectivity index (χ1) is 14.5. The van der Waals surface area contributed by atoms with E-state index in [4.69, 9.17) is 4.74 Å². The molecule has 4 N–H and O–H groups in total. The number of nitrogens with one attached hydrogen (secondary N) is 4. The van der Waals surface area contributed by atoms with E-state index in [0.717, 1.165) is 23.3 Å². The van der Waals surface area contributed by atoms with Gasteiger partial charge in [0.05, 0.1) is 13.7 Å². The summed E-state index contributed by atoms with van der Waals surface area (Å²) in [6.45, 7) is 1.17. The number of methoxy groups -OCH3 is 1. The summed E-state index contributed by atoms with van der Waals surface area (Å²) in [5.74, 6) is 1.08. The maximum Gasteiger partial charge on any atom is 0.251 e. The van der Waals surface area contributed by atoms with Crippen LogP contribution in [0.4, 0.5) is 0 Å². The highest BCUT2D eigenvalue weighted by molar-refractivity contribution is 14.0. The highest BCUT2D eigenvalue weighted by atomic mass is 127. The van der Waals surface area contributed by atoms with Crippen molar-refractivity contribution in [2.75, 3.05) is 34.3 Å². The van der Waals surface area contributed by atoms with E-state index in [1.807, 2.05) is 42.5 Å². The molecule has 0 aliphatic rings. The zero-order valence-corrected chi connectivity index (χ0v) is 20.4. The van der Waals surface area contributed by atoms with Gasteiger partial charge in [0.15, 0.2) is 5.96 Å². The van der Waals surface area contributed by atoms with Crippen molar-refractivity contribution in [3.8, 4) is 5.75 Å². The van der Waals surface area contributed by atoms with Crippen LogP contribution in [0.5, 0.6) is 5.75 Å². The first kappa shape index (κ1) is 26.2. The van der Waals surface area contributed by atoms with Gasteiger partial charge in [-0.25, -0.2) is 0 Å². The third-order valence-corrected chi connectivity index (χ3v) is 4.41. The van der Waals surface area contributed by atoms with Gasteiger partial charge in [-0.15, -0.1) is 24.0 Å². The molecular weight excluding hydrogens is 509 g/mol. The summed E-state index contributed by atoms with van der Waals surface area (Å²) in [6, 6.07) is 15.0. The highest BCUT2D eigenvalue weighted by Crippen LogP contribution is 2.10. The molecule has 2 aromatic carbocycles. The summed E-state index contributed by atoms with van der Waals surface area (Å²) in [5.41, 5.74) is 2.66. The number of hydrogen-bond donors (Lipinski definition) is 4. The molecule has 2 amide bonds. The zero-order valence-electron chi connectivity index (χ0n) is 18.0. The second-order valence-corrected chi connectivity index (χ2v) is 6.51. The van der Waals surface area contributed by atoms with E-state index >= 15 is 0 Å². The SMILES string of the molecule is CN=C(NCCc1cccc(C(=O)NC)c1)NCC(=O)NCc1ccc(OC)cc1.I. The third kappa shape index (κ3) is 9.24. The van der Waals surface area contributed by atoms with E-state index in [-0.39, 0.29) is 42.3 Å². The molecule has 2 rings (SSSR count). The van der Waals surface area contributed by atoms with Crippen molar-refractivity contribution in [1.82, 2.24) is 21.3 Å². The van der Waals surface area contributed by atoms with Crippen molar-refractivity contribution in [3.05, 3.63) is 65.2 Å². The Kier molecular flexibility index (Phi) is 12.0. The normalized spacial score (nSPS) is 10.5. The van der Waals surface area contributed by atoms with Gasteiger partial charge in [-0.2, -0.15) is 0 Å². The third-order valence-electron chi connectivity index (χ3n) is 4.41. The number of ether oxygens (including phenoxy) is 1. The predicted octanol–water partition coefficient (Wildman–Crippen LogP) is 1.70. The molecule has 9 heteroatoms. The Labute approximate surface area is 200 Å². The predicted molar refractivity (Wildman–Crippen MR) is 133 cm³/mol. The number of carbonyl (C=O) groups is 2. The molecule has 0 saturated carbocycles. The van der Waals surface area contributed by atoms with Gasteiger partial charge in [0, 0.05) is 32.7 Å². The van der Waals surface area contributed by atoms with Crippen LogP contribution >= 0.6 is 24.0 Å². The molecule has 2 aromatic rings. The van der Waals surface area contributed by atoms with Crippen LogP contribution in [0, 0.1) is 0 Å². The lowest BCUT2D eigenvalue weighted by Gasteiger charge is -2.12. The van der Waals surface area contributed by atoms with Gasteiger partial charge in [0.2, 0.25) is 5.91 Å². The number of guanidine groups is 1. The quantitative estimate of drug-likeness (QED) is 0.221. The molecule has 0 aliphatic heterocycles. The number of benzene rings is 2. The second-order valence-electron chi connectivity index (χ2n) is 6.51. The highest BCUT2D eigenvalue weighted by Gasteiger charge is 2.06.